The predicted molar refractivity (Wildman–Crippen MR) is 121 cm³/mol. The predicted octanol–water partition coefficient (Wildman–Crippen LogP) is 4.40. The first-order valence-electron chi connectivity index (χ1n) is 10.0. The topological polar surface area (TPSA) is 115 Å². The number of thioether (sulfide) groups is 1. The van der Waals surface area contributed by atoms with E-state index < -0.39 is 62.6 Å². The molecular weight excluding hydrogens is 550 g/mol. The van der Waals surface area contributed by atoms with Gasteiger partial charge in [0.2, 0.25) is 10.0 Å². The zero-order valence-electron chi connectivity index (χ0n) is 18.2. The van der Waals surface area contributed by atoms with E-state index in [1.807, 2.05) is 0 Å². The number of imide groups is 1. The van der Waals surface area contributed by atoms with Gasteiger partial charge in [-0.2, -0.15) is 31.4 Å². The molecule has 2 heterocycles. The van der Waals surface area contributed by atoms with Gasteiger partial charge in [-0.15, -0.1) is 0 Å². The van der Waals surface area contributed by atoms with E-state index in [9.17, 15) is 44.3 Å². The van der Waals surface area contributed by atoms with Crippen LogP contribution in [0, 0.1) is 0 Å². The van der Waals surface area contributed by atoms with Gasteiger partial charge in [-0.25, -0.2) is 13.6 Å². The van der Waals surface area contributed by atoms with Crippen molar-refractivity contribution in [2.24, 2.45) is 5.14 Å². The molecule has 0 bridgehead atoms. The molecule has 2 aromatic carbocycles. The number of hydrogen-bond donors (Lipinski definition) is 1. The molecule has 0 radical (unpaired) electrons. The Hall–Kier alpha value is -3.37. The Labute approximate surface area is 208 Å². The number of carbonyl (C=O) groups is 2. The Balaban J connectivity index is 1.63. The Bertz CT molecular complexity index is 1560. The van der Waals surface area contributed by atoms with Crippen molar-refractivity contribution in [3.8, 4) is 0 Å². The smallest absolute Gasteiger partial charge is 0.268 e. The van der Waals surface area contributed by atoms with Crippen LogP contribution in [0.4, 0.5) is 31.1 Å². The van der Waals surface area contributed by atoms with Gasteiger partial charge in [-0.3, -0.25) is 19.2 Å². The number of nitrogens with zero attached hydrogens (tertiary/aromatic N) is 3. The summed E-state index contributed by atoms with van der Waals surface area (Å²) in [6.07, 6.45) is -7.33. The minimum absolute atomic E-state index is 0.0576. The van der Waals surface area contributed by atoms with Gasteiger partial charge in [-0.1, -0.05) is 12.1 Å². The zero-order chi connectivity index (χ0) is 27.3. The van der Waals surface area contributed by atoms with E-state index in [0.29, 0.717) is 39.2 Å². The number of halogens is 6. The Morgan fingerprint density at radius 1 is 1.00 bits per heavy atom. The molecule has 2 N–H and O–H groups in total. The second-order valence-corrected chi connectivity index (χ2v) is 10.5. The van der Waals surface area contributed by atoms with Crippen molar-refractivity contribution in [3.05, 3.63) is 69.8 Å². The number of alkyl halides is 6. The fraction of sp³-hybridized carbons (Fsp3) is 0.190. The Morgan fingerprint density at radius 2 is 1.70 bits per heavy atom. The summed E-state index contributed by atoms with van der Waals surface area (Å²) in [5, 5.41) is 8.53. The van der Waals surface area contributed by atoms with Crippen molar-refractivity contribution in [2.45, 2.75) is 18.9 Å². The Kier molecular flexibility index (Phi) is 6.62. The molecule has 1 aromatic heterocycles. The molecule has 1 fully saturated rings. The summed E-state index contributed by atoms with van der Waals surface area (Å²) in [6, 6.07) is 5.85. The summed E-state index contributed by atoms with van der Waals surface area (Å²) < 4.78 is 103. The largest absolute Gasteiger partial charge is 0.416 e. The van der Waals surface area contributed by atoms with Gasteiger partial charge < -0.3 is 0 Å². The number of hydrogen-bond acceptors (Lipinski definition) is 6. The van der Waals surface area contributed by atoms with Crippen LogP contribution in [0.1, 0.15) is 22.3 Å². The highest BCUT2D eigenvalue weighted by molar-refractivity contribution is 8.18. The molecule has 8 nitrogen and oxygen atoms in total. The summed E-state index contributed by atoms with van der Waals surface area (Å²) in [5.74, 6) is -1.84. The third kappa shape index (κ3) is 5.80. The highest BCUT2D eigenvalue weighted by Crippen LogP contribution is 2.38. The average molecular weight is 564 g/mol. The van der Waals surface area contributed by atoms with Crippen LogP contribution in [-0.4, -0.2) is 40.1 Å². The SMILES string of the molecule is NS(=O)(=O)CN1C(=O)SC(=Cc2ccc3c(cnn3Cc3ccc(C(F)(F)F)cc3C(F)(F)F)c2)C1=O. The first kappa shape index (κ1) is 26.7. The van der Waals surface area contributed by atoms with Crippen LogP contribution in [-0.2, 0) is 33.7 Å². The molecule has 1 aliphatic heterocycles. The highest BCUT2D eigenvalue weighted by atomic mass is 32.2. The third-order valence-corrected chi connectivity index (χ3v) is 6.73. The van der Waals surface area contributed by atoms with Crippen molar-refractivity contribution >= 4 is 49.9 Å². The standard InChI is InChI=1S/C21H14F6N4O4S2/c22-20(23,24)14-3-2-12(15(7-14)21(25,26)27)9-31-16-4-1-11(5-13(16)8-29-31)6-17-18(32)30(19(33)36-17)10-37(28,34)35/h1-8H,9-10H2,(H2,28,34,35). The van der Waals surface area contributed by atoms with Crippen LogP contribution in [0.5, 0.6) is 0 Å². The van der Waals surface area contributed by atoms with Gasteiger partial charge >= 0.3 is 12.4 Å². The van der Waals surface area contributed by atoms with E-state index in [0.717, 1.165) is 6.07 Å². The molecule has 2 amide bonds. The fourth-order valence-corrected chi connectivity index (χ4v) is 5.09. The minimum atomic E-state index is -5.03. The lowest BCUT2D eigenvalue weighted by Crippen LogP contribution is -2.36. The normalized spacial score (nSPS) is 16.4. The lowest BCUT2D eigenvalue weighted by molar-refractivity contribution is -0.143. The van der Waals surface area contributed by atoms with Gasteiger partial charge in [0.05, 0.1) is 34.3 Å². The van der Waals surface area contributed by atoms with Gasteiger partial charge in [0.1, 0.15) is 5.88 Å². The van der Waals surface area contributed by atoms with Crippen molar-refractivity contribution in [1.82, 2.24) is 14.7 Å². The lowest BCUT2D eigenvalue weighted by atomic mass is 10.0. The summed E-state index contributed by atoms with van der Waals surface area (Å²) >= 11 is 0.507. The summed E-state index contributed by atoms with van der Waals surface area (Å²) in [6.45, 7) is -0.470. The van der Waals surface area contributed by atoms with Crippen LogP contribution in [0.15, 0.2) is 47.5 Å². The van der Waals surface area contributed by atoms with Crippen molar-refractivity contribution in [1.29, 1.82) is 0 Å². The quantitative estimate of drug-likeness (QED) is 0.363. The van der Waals surface area contributed by atoms with Crippen molar-refractivity contribution in [2.75, 3.05) is 5.88 Å². The number of fused-ring (bicyclic) bond motifs is 1. The summed E-state index contributed by atoms with van der Waals surface area (Å²) in [4.78, 5) is 24.8. The number of sulfonamides is 1. The lowest BCUT2D eigenvalue weighted by Gasteiger charge is -2.16. The minimum Gasteiger partial charge on any atom is -0.268 e. The molecular formula is C21H14F6N4O4S2. The maximum Gasteiger partial charge on any atom is 0.416 e. The number of primary sulfonamides is 1. The molecule has 0 unspecified atom stereocenters. The van der Waals surface area contributed by atoms with Gasteiger partial charge in [-0.05, 0) is 53.2 Å². The molecule has 37 heavy (non-hydrogen) atoms. The van der Waals surface area contributed by atoms with Gasteiger partial charge in [0.15, 0.2) is 0 Å². The molecule has 4 rings (SSSR count). The van der Waals surface area contributed by atoms with Crippen LogP contribution >= 0.6 is 11.8 Å². The molecule has 0 saturated carbocycles. The number of benzene rings is 2. The number of aromatic nitrogens is 2. The van der Waals surface area contributed by atoms with E-state index in [-0.39, 0.29) is 11.0 Å². The van der Waals surface area contributed by atoms with Crippen LogP contribution in [0.3, 0.4) is 0 Å². The van der Waals surface area contributed by atoms with Crippen molar-refractivity contribution in [3.63, 3.8) is 0 Å². The van der Waals surface area contributed by atoms with Gasteiger partial charge in [0.25, 0.3) is 11.1 Å². The maximum atomic E-state index is 13.5. The molecule has 0 atom stereocenters. The van der Waals surface area contributed by atoms with E-state index in [1.54, 1.807) is 0 Å². The van der Waals surface area contributed by atoms with Gasteiger partial charge in [0, 0.05) is 5.39 Å². The van der Waals surface area contributed by atoms with Crippen LogP contribution < -0.4 is 5.14 Å². The van der Waals surface area contributed by atoms with Crippen LogP contribution in [0.25, 0.3) is 17.0 Å². The van der Waals surface area contributed by atoms with E-state index >= 15 is 0 Å². The number of rotatable bonds is 5. The summed E-state index contributed by atoms with van der Waals surface area (Å²) in [7, 11) is -4.14. The maximum absolute atomic E-state index is 13.5. The Morgan fingerprint density at radius 3 is 2.32 bits per heavy atom. The van der Waals surface area contributed by atoms with E-state index in [1.165, 1.54) is 35.2 Å². The third-order valence-electron chi connectivity index (χ3n) is 5.21. The highest BCUT2D eigenvalue weighted by Gasteiger charge is 2.39. The molecule has 1 saturated heterocycles. The number of nitrogens with two attached hydrogens (primary N) is 1. The molecule has 16 heteroatoms. The molecule has 0 aliphatic carbocycles. The first-order chi connectivity index (χ1) is 17.0. The van der Waals surface area contributed by atoms with Crippen LogP contribution in [0.2, 0.25) is 0 Å². The molecule has 3 aromatic rings. The second-order valence-electron chi connectivity index (χ2n) is 7.89. The average Bonchev–Trinajstić information content (AvgIpc) is 3.27. The molecule has 1 aliphatic rings. The second kappa shape index (κ2) is 9.18. The van der Waals surface area contributed by atoms with E-state index in [2.05, 4.69) is 5.10 Å². The fourth-order valence-electron chi connectivity index (χ4n) is 3.58. The monoisotopic (exact) mass is 564 g/mol. The first-order valence-corrected chi connectivity index (χ1v) is 12.5. The number of carbonyl (C=O) groups excluding carboxylic acids is 2. The van der Waals surface area contributed by atoms with E-state index in [4.69, 9.17) is 5.14 Å². The zero-order valence-corrected chi connectivity index (χ0v) is 19.8. The number of amides is 2. The molecule has 196 valence electrons. The molecule has 0 spiro atoms. The summed E-state index contributed by atoms with van der Waals surface area (Å²) in [5.41, 5.74) is -2.52. The van der Waals surface area contributed by atoms with Crippen molar-refractivity contribution < 1.29 is 44.3 Å².